The minimum absolute atomic E-state index is 0.126. The van der Waals surface area contributed by atoms with Gasteiger partial charge in [-0.05, 0) is 23.8 Å². The molecule has 0 fully saturated rings. The maximum Gasteiger partial charge on any atom is 0.124 e. The highest BCUT2D eigenvalue weighted by Gasteiger charge is 2.23. The van der Waals surface area contributed by atoms with E-state index in [0.717, 1.165) is 22.6 Å². The molecule has 2 unspecified atom stereocenters. The summed E-state index contributed by atoms with van der Waals surface area (Å²) in [5, 5.41) is 13.6. The Morgan fingerprint density at radius 2 is 2.14 bits per heavy atom. The molecule has 4 nitrogen and oxygen atoms in total. The number of aliphatic hydroxyl groups is 1. The van der Waals surface area contributed by atoms with E-state index >= 15 is 0 Å². The molecule has 1 aliphatic heterocycles. The van der Waals surface area contributed by atoms with Gasteiger partial charge < -0.3 is 19.9 Å². The first-order chi connectivity index (χ1) is 10.3. The first-order valence-electron chi connectivity index (χ1n) is 7.05. The van der Waals surface area contributed by atoms with Gasteiger partial charge in [0.1, 0.15) is 18.1 Å². The number of aliphatic hydroxyl groups excluding tert-OH is 1. The zero-order valence-corrected chi connectivity index (χ0v) is 12.0. The SMILES string of the molecule is COc1cccc(C(O)CNC2COc3ccccc32)c1. The maximum absolute atomic E-state index is 10.3. The van der Waals surface area contributed by atoms with Crippen LogP contribution in [0.25, 0.3) is 0 Å². The average Bonchev–Trinajstić information content (AvgIpc) is 2.96. The van der Waals surface area contributed by atoms with Crippen LogP contribution in [0.4, 0.5) is 0 Å². The first-order valence-corrected chi connectivity index (χ1v) is 7.05. The lowest BCUT2D eigenvalue weighted by Gasteiger charge is -2.16. The molecule has 1 aliphatic rings. The van der Waals surface area contributed by atoms with Crippen LogP contribution in [0.15, 0.2) is 48.5 Å². The Hall–Kier alpha value is -2.04. The van der Waals surface area contributed by atoms with Crippen LogP contribution in [0.1, 0.15) is 23.3 Å². The normalized spacial score (nSPS) is 17.9. The summed E-state index contributed by atoms with van der Waals surface area (Å²) in [6, 6.07) is 15.6. The van der Waals surface area contributed by atoms with Crippen molar-refractivity contribution >= 4 is 0 Å². The fourth-order valence-corrected chi connectivity index (χ4v) is 2.55. The number of nitrogens with one attached hydrogen (secondary N) is 1. The number of benzene rings is 2. The molecule has 0 saturated heterocycles. The lowest BCUT2D eigenvalue weighted by atomic mass is 10.1. The smallest absolute Gasteiger partial charge is 0.124 e. The summed E-state index contributed by atoms with van der Waals surface area (Å²) in [4.78, 5) is 0. The molecule has 0 bridgehead atoms. The van der Waals surface area contributed by atoms with Crippen LogP contribution in [0.5, 0.6) is 11.5 Å². The third-order valence-corrected chi connectivity index (χ3v) is 3.74. The van der Waals surface area contributed by atoms with Crippen LogP contribution < -0.4 is 14.8 Å². The van der Waals surface area contributed by atoms with Gasteiger partial charge >= 0.3 is 0 Å². The summed E-state index contributed by atoms with van der Waals surface area (Å²) in [6.45, 7) is 1.07. The zero-order chi connectivity index (χ0) is 14.7. The van der Waals surface area contributed by atoms with E-state index in [4.69, 9.17) is 9.47 Å². The van der Waals surface area contributed by atoms with E-state index in [9.17, 15) is 5.11 Å². The van der Waals surface area contributed by atoms with Gasteiger partial charge in [-0.2, -0.15) is 0 Å². The number of fused-ring (bicyclic) bond motifs is 1. The van der Waals surface area contributed by atoms with Crippen LogP contribution in [0.2, 0.25) is 0 Å². The minimum Gasteiger partial charge on any atom is -0.497 e. The molecule has 0 aromatic heterocycles. The largest absolute Gasteiger partial charge is 0.497 e. The van der Waals surface area contributed by atoms with Gasteiger partial charge in [-0.3, -0.25) is 0 Å². The Morgan fingerprint density at radius 1 is 1.29 bits per heavy atom. The number of methoxy groups -OCH3 is 1. The molecule has 21 heavy (non-hydrogen) atoms. The molecule has 0 aliphatic carbocycles. The van der Waals surface area contributed by atoms with E-state index in [1.165, 1.54) is 0 Å². The van der Waals surface area contributed by atoms with Gasteiger partial charge in [-0.15, -0.1) is 0 Å². The Labute approximate surface area is 124 Å². The van der Waals surface area contributed by atoms with Gasteiger partial charge in [0, 0.05) is 12.1 Å². The number of para-hydroxylation sites is 1. The van der Waals surface area contributed by atoms with E-state index in [-0.39, 0.29) is 6.04 Å². The number of ether oxygens (including phenoxy) is 2. The Morgan fingerprint density at radius 3 is 3.00 bits per heavy atom. The summed E-state index contributed by atoms with van der Waals surface area (Å²) in [5.41, 5.74) is 1.99. The van der Waals surface area contributed by atoms with Gasteiger partial charge in [-0.1, -0.05) is 30.3 Å². The average molecular weight is 285 g/mol. The third-order valence-electron chi connectivity index (χ3n) is 3.74. The second kappa shape index (κ2) is 6.16. The lowest BCUT2D eigenvalue weighted by molar-refractivity contribution is 0.166. The first kappa shape index (κ1) is 13.9. The monoisotopic (exact) mass is 285 g/mol. The van der Waals surface area contributed by atoms with Crippen molar-refractivity contribution in [3.8, 4) is 11.5 Å². The van der Waals surface area contributed by atoms with Gasteiger partial charge in [0.2, 0.25) is 0 Å². The summed E-state index contributed by atoms with van der Waals surface area (Å²) in [6.07, 6.45) is -0.576. The van der Waals surface area contributed by atoms with Crippen molar-refractivity contribution in [2.24, 2.45) is 0 Å². The number of hydrogen-bond acceptors (Lipinski definition) is 4. The second-order valence-electron chi connectivity index (χ2n) is 5.10. The van der Waals surface area contributed by atoms with E-state index in [2.05, 4.69) is 11.4 Å². The summed E-state index contributed by atoms with van der Waals surface area (Å²) in [7, 11) is 1.62. The topological polar surface area (TPSA) is 50.7 Å². The molecular formula is C17H19NO3. The summed E-state index contributed by atoms with van der Waals surface area (Å²) < 4.78 is 10.8. The predicted molar refractivity (Wildman–Crippen MR) is 80.6 cm³/mol. The van der Waals surface area contributed by atoms with Crippen LogP contribution in [-0.2, 0) is 0 Å². The molecular weight excluding hydrogens is 266 g/mol. The molecule has 110 valence electrons. The fraction of sp³-hybridized carbons (Fsp3) is 0.294. The Balaban J connectivity index is 1.63. The number of hydrogen-bond donors (Lipinski definition) is 2. The van der Waals surface area contributed by atoms with E-state index < -0.39 is 6.10 Å². The molecule has 2 aromatic carbocycles. The highest BCUT2D eigenvalue weighted by molar-refractivity contribution is 5.39. The molecule has 2 atom stereocenters. The van der Waals surface area contributed by atoms with Gasteiger partial charge in [0.25, 0.3) is 0 Å². The zero-order valence-electron chi connectivity index (χ0n) is 12.0. The van der Waals surface area contributed by atoms with Crippen molar-refractivity contribution in [2.45, 2.75) is 12.1 Å². The highest BCUT2D eigenvalue weighted by atomic mass is 16.5. The van der Waals surface area contributed by atoms with Crippen LogP contribution >= 0.6 is 0 Å². The molecule has 2 aromatic rings. The predicted octanol–water partition coefficient (Wildman–Crippen LogP) is 2.45. The molecule has 0 spiro atoms. The quantitative estimate of drug-likeness (QED) is 0.886. The molecule has 0 radical (unpaired) electrons. The highest BCUT2D eigenvalue weighted by Crippen LogP contribution is 2.32. The van der Waals surface area contributed by atoms with Gasteiger partial charge in [0.15, 0.2) is 0 Å². The molecule has 4 heteroatoms. The van der Waals surface area contributed by atoms with E-state index in [1.807, 2.05) is 42.5 Å². The molecule has 3 rings (SSSR count). The third kappa shape index (κ3) is 3.01. The Bertz CT molecular complexity index is 614. The van der Waals surface area contributed by atoms with Crippen LogP contribution in [-0.4, -0.2) is 25.4 Å². The summed E-state index contributed by atoms with van der Waals surface area (Å²) >= 11 is 0. The van der Waals surface area contributed by atoms with Crippen molar-refractivity contribution in [2.75, 3.05) is 20.3 Å². The number of rotatable bonds is 5. The molecule has 2 N–H and O–H groups in total. The van der Waals surface area contributed by atoms with Crippen molar-refractivity contribution in [1.82, 2.24) is 5.32 Å². The van der Waals surface area contributed by atoms with E-state index in [1.54, 1.807) is 7.11 Å². The second-order valence-corrected chi connectivity index (χ2v) is 5.10. The fourth-order valence-electron chi connectivity index (χ4n) is 2.55. The maximum atomic E-state index is 10.3. The van der Waals surface area contributed by atoms with Gasteiger partial charge in [0.05, 0.1) is 19.3 Å². The Kier molecular flexibility index (Phi) is 4.08. The van der Waals surface area contributed by atoms with Crippen molar-refractivity contribution in [3.63, 3.8) is 0 Å². The van der Waals surface area contributed by atoms with Crippen molar-refractivity contribution < 1.29 is 14.6 Å². The standard InChI is InChI=1S/C17H19NO3/c1-20-13-6-4-5-12(9-13)16(19)10-18-15-11-21-17-8-3-2-7-14(15)17/h2-9,15-16,18-19H,10-11H2,1H3. The minimum atomic E-state index is -0.576. The molecule has 1 heterocycles. The lowest BCUT2D eigenvalue weighted by Crippen LogP contribution is -2.27. The van der Waals surface area contributed by atoms with Crippen LogP contribution in [0.3, 0.4) is 0 Å². The van der Waals surface area contributed by atoms with Gasteiger partial charge in [-0.25, -0.2) is 0 Å². The molecule has 0 saturated carbocycles. The van der Waals surface area contributed by atoms with Crippen molar-refractivity contribution in [3.05, 3.63) is 59.7 Å². The van der Waals surface area contributed by atoms with Crippen LogP contribution in [0, 0.1) is 0 Å². The molecule has 0 amide bonds. The summed E-state index contributed by atoms with van der Waals surface area (Å²) in [5.74, 6) is 1.67. The van der Waals surface area contributed by atoms with E-state index in [0.29, 0.717) is 13.2 Å². The van der Waals surface area contributed by atoms with Crippen molar-refractivity contribution in [1.29, 1.82) is 0 Å².